The number of halogens is 8. The average Bonchev–Trinajstić information content (AvgIpc) is 2.40. The predicted molar refractivity (Wildman–Crippen MR) is 62.6 cm³/mol. The Balaban J connectivity index is 5.49. The molecular formula is C12H10F8O4. The molecule has 0 atom stereocenters. The molecule has 0 saturated heterocycles. The third-order valence-electron chi connectivity index (χ3n) is 2.59. The van der Waals surface area contributed by atoms with Crippen molar-refractivity contribution in [2.75, 3.05) is 0 Å². The van der Waals surface area contributed by atoms with E-state index in [2.05, 4.69) is 0 Å². The summed E-state index contributed by atoms with van der Waals surface area (Å²) in [7, 11) is 0. The fourth-order valence-corrected chi connectivity index (χ4v) is 1.33. The second-order valence-electron chi connectivity index (χ2n) is 4.43. The molecule has 24 heavy (non-hydrogen) atoms. The molecule has 0 radical (unpaired) electrons. The Hall–Kier alpha value is -2.14. The highest BCUT2D eigenvalue weighted by Crippen LogP contribution is 2.54. The van der Waals surface area contributed by atoms with Crippen molar-refractivity contribution in [1.29, 1.82) is 0 Å². The van der Waals surface area contributed by atoms with Crippen molar-refractivity contribution in [2.24, 2.45) is 0 Å². The number of rotatable bonds is 9. The second kappa shape index (κ2) is 7.18. The fraction of sp³-hybridized carbons (Fsp3) is 0.500. The van der Waals surface area contributed by atoms with Gasteiger partial charge in [-0.25, -0.2) is 9.59 Å². The highest BCUT2D eigenvalue weighted by atomic mass is 19.4. The Morgan fingerprint density at radius 2 is 1.25 bits per heavy atom. The second-order valence-corrected chi connectivity index (χ2v) is 4.43. The van der Waals surface area contributed by atoms with E-state index in [1.54, 1.807) is 0 Å². The molecule has 0 aromatic heterocycles. The topological polar surface area (TPSA) is 74.6 Å². The van der Waals surface area contributed by atoms with Crippen LogP contribution >= 0.6 is 0 Å². The first kappa shape index (κ1) is 21.9. The molecule has 12 heteroatoms. The molecule has 0 amide bonds. The van der Waals surface area contributed by atoms with Gasteiger partial charge in [-0.15, -0.1) is 0 Å². The zero-order chi connectivity index (χ0) is 19.4. The first-order valence-electron chi connectivity index (χ1n) is 5.91. The lowest BCUT2D eigenvalue weighted by molar-refractivity contribution is -0.356. The molecule has 0 heterocycles. The summed E-state index contributed by atoms with van der Waals surface area (Å²) in [5.74, 6) is -28.5. The Bertz CT molecular complexity index is 539. The van der Waals surface area contributed by atoms with E-state index in [1.165, 1.54) is 0 Å². The number of carboxylic acids is 2. The zero-order valence-corrected chi connectivity index (χ0v) is 11.5. The number of allylic oxidation sites excluding steroid dienone is 2. The van der Waals surface area contributed by atoms with Crippen LogP contribution in [0.25, 0.3) is 0 Å². The third-order valence-corrected chi connectivity index (χ3v) is 2.59. The van der Waals surface area contributed by atoms with Gasteiger partial charge in [-0.2, -0.15) is 35.1 Å². The van der Waals surface area contributed by atoms with Gasteiger partial charge in [0.2, 0.25) is 0 Å². The molecule has 0 aromatic carbocycles. The monoisotopic (exact) mass is 370 g/mol. The van der Waals surface area contributed by atoms with Crippen LogP contribution in [0.5, 0.6) is 0 Å². The summed E-state index contributed by atoms with van der Waals surface area (Å²) in [4.78, 5) is 20.0. The van der Waals surface area contributed by atoms with Gasteiger partial charge >= 0.3 is 35.6 Å². The predicted octanol–water partition coefficient (Wildman–Crippen LogP) is 3.59. The smallest absolute Gasteiger partial charge is 0.381 e. The Morgan fingerprint density at radius 1 is 0.792 bits per heavy atom. The van der Waals surface area contributed by atoms with Crippen molar-refractivity contribution in [3.05, 3.63) is 24.3 Å². The lowest BCUT2D eigenvalue weighted by Crippen LogP contribution is -2.61. The molecule has 0 aromatic rings. The first-order chi connectivity index (χ1) is 10.6. The number of carboxylic acid groups (broad SMARTS) is 2. The average molecular weight is 370 g/mol. The standard InChI is InChI=1S/C12H10F8O4/c13-9(14,5-2-1-3-7(21)22)11(17,18)12(19,20)10(15,16)6-4-8(23)24/h1,3-4,6H,2,5H2,(H,21,22)(H,23,24). The van der Waals surface area contributed by atoms with Crippen LogP contribution in [0.1, 0.15) is 12.8 Å². The zero-order valence-electron chi connectivity index (χ0n) is 11.5. The van der Waals surface area contributed by atoms with Crippen molar-refractivity contribution >= 4 is 11.9 Å². The summed E-state index contributed by atoms with van der Waals surface area (Å²) in [6, 6.07) is 0. The van der Waals surface area contributed by atoms with E-state index in [4.69, 9.17) is 10.2 Å². The third kappa shape index (κ3) is 4.68. The van der Waals surface area contributed by atoms with E-state index < -0.39 is 60.6 Å². The summed E-state index contributed by atoms with van der Waals surface area (Å²) < 4.78 is 106. The number of aliphatic carboxylic acids is 2. The number of alkyl halides is 8. The van der Waals surface area contributed by atoms with Crippen LogP contribution in [0.2, 0.25) is 0 Å². The normalized spacial score (nSPS) is 14.5. The lowest BCUT2D eigenvalue weighted by atomic mass is 9.95. The van der Waals surface area contributed by atoms with Crippen LogP contribution in [0.3, 0.4) is 0 Å². The molecule has 0 aliphatic carbocycles. The van der Waals surface area contributed by atoms with Crippen LogP contribution in [-0.4, -0.2) is 45.8 Å². The summed E-state index contributed by atoms with van der Waals surface area (Å²) >= 11 is 0. The molecule has 0 saturated carbocycles. The maximum atomic E-state index is 13.3. The van der Waals surface area contributed by atoms with Gasteiger partial charge in [0, 0.05) is 18.6 Å². The van der Waals surface area contributed by atoms with Gasteiger partial charge < -0.3 is 10.2 Å². The number of carbonyl (C=O) groups is 2. The van der Waals surface area contributed by atoms with Gasteiger partial charge in [0.25, 0.3) is 0 Å². The van der Waals surface area contributed by atoms with Crippen molar-refractivity contribution in [1.82, 2.24) is 0 Å². The molecule has 0 aliphatic heterocycles. The van der Waals surface area contributed by atoms with E-state index >= 15 is 0 Å². The van der Waals surface area contributed by atoms with Crippen LogP contribution in [0.15, 0.2) is 24.3 Å². The van der Waals surface area contributed by atoms with Crippen molar-refractivity contribution < 1.29 is 54.9 Å². The van der Waals surface area contributed by atoms with Gasteiger partial charge in [-0.3, -0.25) is 0 Å². The molecule has 0 fully saturated rings. The minimum Gasteiger partial charge on any atom is -0.478 e. The van der Waals surface area contributed by atoms with E-state index in [1.807, 2.05) is 0 Å². The van der Waals surface area contributed by atoms with Gasteiger partial charge in [0.15, 0.2) is 0 Å². The lowest BCUT2D eigenvalue weighted by Gasteiger charge is -2.35. The summed E-state index contributed by atoms with van der Waals surface area (Å²) in [5, 5.41) is 16.2. The largest absolute Gasteiger partial charge is 0.478 e. The maximum absolute atomic E-state index is 13.3. The summed E-state index contributed by atoms with van der Waals surface area (Å²) in [5.41, 5.74) is 0. The Morgan fingerprint density at radius 3 is 1.67 bits per heavy atom. The minimum atomic E-state index is -6.61. The SMILES string of the molecule is O=C(O)C=CCCC(F)(F)C(F)(F)C(F)(F)C(F)(F)C=CC(=O)O. The molecule has 2 N–H and O–H groups in total. The molecule has 4 nitrogen and oxygen atoms in total. The van der Waals surface area contributed by atoms with Crippen LogP contribution in [0, 0.1) is 0 Å². The van der Waals surface area contributed by atoms with Crippen molar-refractivity contribution in [3.8, 4) is 0 Å². The van der Waals surface area contributed by atoms with Crippen LogP contribution in [0.4, 0.5) is 35.1 Å². The summed E-state index contributed by atoms with van der Waals surface area (Å²) in [6.07, 6.45) is -4.13. The summed E-state index contributed by atoms with van der Waals surface area (Å²) in [6.45, 7) is 0. The van der Waals surface area contributed by atoms with Crippen molar-refractivity contribution in [3.63, 3.8) is 0 Å². The van der Waals surface area contributed by atoms with E-state index in [-0.39, 0.29) is 6.08 Å². The maximum Gasteiger partial charge on any atom is 0.381 e. The molecule has 0 rings (SSSR count). The molecule has 0 aliphatic rings. The quantitative estimate of drug-likeness (QED) is 0.481. The number of hydrogen-bond acceptors (Lipinski definition) is 2. The molecule has 0 bridgehead atoms. The van der Waals surface area contributed by atoms with Crippen molar-refractivity contribution in [2.45, 2.75) is 36.5 Å². The molecular weight excluding hydrogens is 360 g/mol. The van der Waals surface area contributed by atoms with Crippen LogP contribution in [-0.2, 0) is 9.59 Å². The Kier molecular flexibility index (Phi) is 6.54. The van der Waals surface area contributed by atoms with Gasteiger partial charge in [0.05, 0.1) is 0 Å². The fourth-order valence-electron chi connectivity index (χ4n) is 1.33. The molecule has 138 valence electrons. The number of hydrogen-bond donors (Lipinski definition) is 2. The minimum absolute atomic E-state index is 0.274. The Labute approximate surface area is 129 Å². The van der Waals surface area contributed by atoms with Crippen LogP contribution < -0.4 is 0 Å². The van der Waals surface area contributed by atoms with Gasteiger partial charge in [-0.05, 0) is 12.5 Å². The van der Waals surface area contributed by atoms with E-state index in [9.17, 15) is 44.7 Å². The molecule has 0 unspecified atom stereocenters. The van der Waals surface area contributed by atoms with Gasteiger partial charge in [0.1, 0.15) is 0 Å². The highest BCUT2D eigenvalue weighted by Gasteiger charge is 2.79. The molecule has 0 spiro atoms. The highest BCUT2D eigenvalue weighted by molar-refractivity contribution is 5.80. The van der Waals surface area contributed by atoms with Gasteiger partial charge in [-0.1, -0.05) is 6.08 Å². The first-order valence-corrected chi connectivity index (χ1v) is 5.91. The van der Waals surface area contributed by atoms with E-state index in [0.29, 0.717) is 6.08 Å². The van der Waals surface area contributed by atoms with E-state index in [0.717, 1.165) is 0 Å².